The van der Waals surface area contributed by atoms with Crippen molar-refractivity contribution < 1.29 is 4.52 Å². The van der Waals surface area contributed by atoms with Crippen LogP contribution in [0, 0.1) is 0 Å². The molecule has 1 N–H and O–H groups in total. The van der Waals surface area contributed by atoms with E-state index in [9.17, 15) is 0 Å². The standard InChI is InChI=1S/C10H18N4O/c1-4-6-11-8-10-12-9(13-15-10)5-7-14(2)3/h4,11H,1,5-8H2,2-3H3. The lowest BCUT2D eigenvalue weighted by Crippen LogP contribution is -2.16. The Morgan fingerprint density at radius 2 is 2.33 bits per heavy atom. The number of aromatic nitrogens is 2. The maximum atomic E-state index is 5.07. The Balaban J connectivity index is 2.32. The summed E-state index contributed by atoms with van der Waals surface area (Å²) >= 11 is 0. The first kappa shape index (κ1) is 11.9. The lowest BCUT2D eigenvalue weighted by atomic mass is 10.4. The maximum Gasteiger partial charge on any atom is 0.240 e. The first-order valence-corrected chi connectivity index (χ1v) is 5.00. The van der Waals surface area contributed by atoms with Gasteiger partial charge in [0.05, 0.1) is 6.54 Å². The molecule has 0 spiro atoms. The highest BCUT2D eigenvalue weighted by atomic mass is 16.5. The molecule has 15 heavy (non-hydrogen) atoms. The summed E-state index contributed by atoms with van der Waals surface area (Å²) in [5, 5.41) is 6.99. The van der Waals surface area contributed by atoms with E-state index in [0.29, 0.717) is 12.4 Å². The van der Waals surface area contributed by atoms with Gasteiger partial charge in [0.1, 0.15) is 0 Å². The van der Waals surface area contributed by atoms with Gasteiger partial charge in [-0.05, 0) is 14.1 Å². The van der Waals surface area contributed by atoms with Crippen molar-refractivity contribution in [3.05, 3.63) is 24.4 Å². The zero-order chi connectivity index (χ0) is 11.1. The van der Waals surface area contributed by atoms with E-state index in [-0.39, 0.29) is 0 Å². The molecule has 84 valence electrons. The monoisotopic (exact) mass is 210 g/mol. The van der Waals surface area contributed by atoms with Gasteiger partial charge in [0.25, 0.3) is 0 Å². The number of hydrogen-bond donors (Lipinski definition) is 1. The summed E-state index contributed by atoms with van der Waals surface area (Å²) in [4.78, 5) is 6.34. The Kier molecular flexibility index (Phi) is 5.00. The molecule has 5 nitrogen and oxygen atoms in total. The normalized spacial score (nSPS) is 10.9. The number of rotatable bonds is 7. The second kappa shape index (κ2) is 6.31. The molecule has 1 rings (SSSR count). The third kappa shape index (κ3) is 4.71. The van der Waals surface area contributed by atoms with Crippen LogP contribution in [0.25, 0.3) is 0 Å². The molecule has 0 unspecified atom stereocenters. The van der Waals surface area contributed by atoms with E-state index in [1.807, 2.05) is 14.1 Å². The van der Waals surface area contributed by atoms with Crippen LogP contribution in [0.2, 0.25) is 0 Å². The number of nitrogens with zero attached hydrogens (tertiary/aromatic N) is 3. The first-order chi connectivity index (χ1) is 7.22. The predicted octanol–water partition coefficient (Wildman–Crippen LogP) is 0.449. The molecule has 0 amide bonds. The third-order valence-corrected chi connectivity index (χ3v) is 1.86. The summed E-state index contributed by atoms with van der Waals surface area (Å²) in [5.74, 6) is 1.39. The fourth-order valence-electron chi connectivity index (χ4n) is 1.07. The van der Waals surface area contributed by atoms with Crippen LogP contribution < -0.4 is 5.32 Å². The predicted molar refractivity (Wildman–Crippen MR) is 58.5 cm³/mol. The van der Waals surface area contributed by atoms with Crippen molar-refractivity contribution in [1.82, 2.24) is 20.4 Å². The molecule has 0 radical (unpaired) electrons. The Morgan fingerprint density at radius 1 is 1.53 bits per heavy atom. The van der Waals surface area contributed by atoms with Crippen molar-refractivity contribution in [1.29, 1.82) is 0 Å². The van der Waals surface area contributed by atoms with Gasteiger partial charge in [0.15, 0.2) is 5.82 Å². The molecule has 5 heteroatoms. The van der Waals surface area contributed by atoms with Crippen LogP contribution >= 0.6 is 0 Å². The molecular formula is C10H18N4O. The minimum atomic E-state index is 0.598. The Hall–Kier alpha value is -1.20. The Labute approximate surface area is 90.2 Å². The molecule has 0 fully saturated rings. The van der Waals surface area contributed by atoms with Gasteiger partial charge >= 0.3 is 0 Å². The fraction of sp³-hybridized carbons (Fsp3) is 0.600. The van der Waals surface area contributed by atoms with Gasteiger partial charge in [-0.25, -0.2) is 0 Å². The molecule has 0 aliphatic heterocycles. The summed E-state index contributed by atoms with van der Waals surface area (Å²) in [7, 11) is 4.04. The zero-order valence-corrected chi connectivity index (χ0v) is 9.36. The molecule has 0 saturated heterocycles. The summed E-state index contributed by atoms with van der Waals surface area (Å²) in [5.41, 5.74) is 0. The van der Waals surface area contributed by atoms with E-state index in [2.05, 4.69) is 26.9 Å². The van der Waals surface area contributed by atoms with E-state index in [1.54, 1.807) is 6.08 Å². The van der Waals surface area contributed by atoms with Gasteiger partial charge in [-0.15, -0.1) is 6.58 Å². The van der Waals surface area contributed by atoms with E-state index in [1.165, 1.54) is 0 Å². The SMILES string of the molecule is C=CCNCc1nc(CCN(C)C)no1. The van der Waals surface area contributed by atoms with Crippen LogP contribution in [0.4, 0.5) is 0 Å². The van der Waals surface area contributed by atoms with Crippen molar-refractivity contribution in [2.75, 3.05) is 27.2 Å². The van der Waals surface area contributed by atoms with Crippen molar-refractivity contribution in [2.24, 2.45) is 0 Å². The van der Waals surface area contributed by atoms with Gasteiger partial charge in [0, 0.05) is 19.5 Å². The number of nitrogens with one attached hydrogen (secondary N) is 1. The van der Waals surface area contributed by atoms with E-state index < -0.39 is 0 Å². The van der Waals surface area contributed by atoms with Crippen LogP contribution in [0.3, 0.4) is 0 Å². The summed E-state index contributed by atoms with van der Waals surface area (Å²) in [6.45, 7) is 5.88. The van der Waals surface area contributed by atoms with E-state index >= 15 is 0 Å². The number of hydrogen-bond acceptors (Lipinski definition) is 5. The van der Waals surface area contributed by atoms with E-state index in [0.717, 1.165) is 25.3 Å². The summed E-state index contributed by atoms with van der Waals surface area (Å²) in [6, 6.07) is 0. The highest BCUT2D eigenvalue weighted by Crippen LogP contribution is 1.98. The summed E-state index contributed by atoms with van der Waals surface area (Å²) in [6.07, 6.45) is 2.61. The average Bonchev–Trinajstić information content (AvgIpc) is 2.63. The Morgan fingerprint density at radius 3 is 3.00 bits per heavy atom. The molecule has 0 bridgehead atoms. The molecule has 1 heterocycles. The van der Waals surface area contributed by atoms with Crippen LogP contribution in [-0.4, -0.2) is 42.2 Å². The second-order valence-electron chi connectivity index (χ2n) is 3.58. The molecule has 1 aromatic heterocycles. The molecule has 0 aromatic carbocycles. The average molecular weight is 210 g/mol. The quantitative estimate of drug-likeness (QED) is 0.523. The second-order valence-corrected chi connectivity index (χ2v) is 3.58. The minimum absolute atomic E-state index is 0.598. The van der Waals surface area contributed by atoms with Gasteiger partial charge in [-0.3, -0.25) is 0 Å². The lowest BCUT2D eigenvalue weighted by Gasteiger charge is -2.05. The highest BCUT2D eigenvalue weighted by molar-refractivity contribution is 4.87. The first-order valence-electron chi connectivity index (χ1n) is 5.00. The van der Waals surface area contributed by atoms with Gasteiger partial charge in [0.2, 0.25) is 5.89 Å². The maximum absolute atomic E-state index is 5.07. The zero-order valence-electron chi connectivity index (χ0n) is 9.36. The van der Waals surface area contributed by atoms with Crippen LogP contribution in [0.1, 0.15) is 11.7 Å². The van der Waals surface area contributed by atoms with Crippen LogP contribution in [0.5, 0.6) is 0 Å². The smallest absolute Gasteiger partial charge is 0.240 e. The van der Waals surface area contributed by atoms with Crippen LogP contribution in [0.15, 0.2) is 17.2 Å². The molecule has 1 aromatic rings. The lowest BCUT2D eigenvalue weighted by molar-refractivity contribution is 0.359. The van der Waals surface area contributed by atoms with E-state index in [4.69, 9.17) is 4.52 Å². The fourth-order valence-corrected chi connectivity index (χ4v) is 1.07. The molecule has 0 aliphatic rings. The van der Waals surface area contributed by atoms with Gasteiger partial charge in [-0.2, -0.15) is 4.98 Å². The van der Waals surface area contributed by atoms with Gasteiger partial charge in [-0.1, -0.05) is 11.2 Å². The van der Waals surface area contributed by atoms with Gasteiger partial charge < -0.3 is 14.7 Å². The van der Waals surface area contributed by atoms with Crippen molar-refractivity contribution in [3.8, 4) is 0 Å². The minimum Gasteiger partial charge on any atom is -0.338 e. The summed E-state index contributed by atoms with van der Waals surface area (Å²) < 4.78 is 5.07. The Bertz CT molecular complexity index is 295. The van der Waals surface area contributed by atoms with Crippen molar-refractivity contribution >= 4 is 0 Å². The van der Waals surface area contributed by atoms with Crippen LogP contribution in [-0.2, 0) is 13.0 Å². The van der Waals surface area contributed by atoms with Crippen molar-refractivity contribution in [3.63, 3.8) is 0 Å². The molecular weight excluding hydrogens is 192 g/mol. The number of likely N-dealkylation sites (N-methyl/N-ethyl adjacent to an activating group) is 1. The topological polar surface area (TPSA) is 54.2 Å². The molecule has 0 atom stereocenters. The molecule has 0 saturated carbocycles. The van der Waals surface area contributed by atoms with Crippen molar-refractivity contribution in [2.45, 2.75) is 13.0 Å². The molecule has 0 aliphatic carbocycles. The highest BCUT2D eigenvalue weighted by Gasteiger charge is 2.05. The third-order valence-electron chi connectivity index (χ3n) is 1.86. The largest absolute Gasteiger partial charge is 0.338 e.